The van der Waals surface area contributed by atoms with Crippen LogP contribution < -0.4 is 4.90 Å². The molecule has 0 unspecified atom stereocenters. The maximum atomic E-state index is 5.91. The van der Waals surface area contributed by atoms with E-state index in [2.05, 4.69) is 42.2 Å². The normalized spacial score (nSPS) is 11.6. The predicted octanol–water partition coefficient (Wildman–Crippen LogP) is 3.95. The molecule has 0 N–H and O–H groups in total. The van der Waals surface area contributed by atoms with E-state index < -0.39 is 8.80 Å². The Bertz CT molecular complexity index is 372. The molecule has 5 heteroatoms. The second-order valence-electron chi connectivity index (χ2n) is 5.00. The van der Waals surface area contributed by atoms with Crippen molar-refractivity contribution in [3.8, 4) is 0 Å². The first-order valence-corrected chi connectivity index (χ1v) is 10.4. The Labute approximate surface area is 136 Å². The molecule has 0 radical (unpaired) electrons. The fourth-order valence-electron chi connectivity index (χ4n) is 2.60. The topological polar surface area (TPSA) is 30.9 Å². The van der Waals surface area contributed by atoms with Crippen LogP contribution in [0.2, 0.25) is 6.04 Å². The van der Waals surface area contributed by atoms with E-state index >= 15 is 0 Å². The first-order valence-electron chi connectivity index (χ1n) is 8.43. The summed E-state index contributed by atoms with van der Waals surface area (Å²) in [6, 6.07) is 11.4. The van der Waals surface area contributed by atoms with Crippen LogP contribution in [0.4, 0.5) is 5.69 Å². The van der Waals surface area contributed by atoms with Crippen LogP contribution >= 0.6 is 0 Å². The van der Waals surface area contributed by atoms with Gasteiger partial charge in [-0.05, 0) is 46.2 Å². The van der Waals surface area contributed by atoms with Crippen molar-refractivity contribution in [1.29, 1.82) is 0 Å². The van der Waals surface area contributed by atoms with E-state index in [1.165, 1.54) is 5.69 Å². The lowest BCUT2D eigenvalue weighted by Gasteiger charge is -2.30. The zero-order valence-corrected chi connectivity index (χ0v) is 15.5. The predicted molar refractivity (Wildman–Crippen MR) is 94.4 cm³/mol. The zero-order valence-electron chi connectivity index (χ0n) is 14.5. The summed E-state index contributed by atoms with van der Waals surface area (Å²) >= 11 is 0. The maximum Gasteiger partial charge on any atom is 0.500 e. The number of hydrogen-bond donors (Lipinski definition) is 0. The summed E-state index contributed by atoms with van der Waals surface area (Å²) in [5.74, 6) is 0. The van der Waals surface area contributed by atoms with Gasteiger partial charge in [0.05, 0.1) is 0 Å². The Balaban J connectivity index is 2.59. The largest absolute Gasteiger partial charge is 0.500 e. The smallest absolute Gasteiger partial charge is 0.374 e. The molecule has 0 saturated carbocycles. The van der Waals surface area contributed by atoms with Gasteiger partial charge in [-0.3, -0.25) is 0 Å². The number of hydrogen-bond acceptors (Lipinski definition) is 4. The van der Waals surface area contributed by atoms with Crippen LogP contribution in [0.5, 0.6) is 0 Å². The van der Waals surface area contributed by atoms with Crippen molar-refractivity contribution in [2.75, 3.05) is 37.8 Å². The average Bonchev–Trinajstić information content (AvgIpc) is 2.53. The third kappa shape index (κ3) is 6.08. The van der Waals surface area contributed by atoms with Crippen LogP contribution in [-0.2, 0) is 13.3 Å². The Morgan fingerprint density at radius 2 is 1.41 bits per heavy atom. The molecule has 0 aliphatic heterocycles. The standard InChI is InChI=1S/C17H31NO3Si/c1-5-18(17-13-10-9-11-14-17)15-12-16-22(19-6-2,20-7-3)21-8-4/h9-11,13-14H,5-8,12,15-16H2,1-4H3. The quantitative estimate of drug-likeness (QED) is 0.544. The summed E-state index contributed by atoms with van der Waals surface area (Å²) in [6.45, 7) is 12.1. The van der Waals surface area contributed by atoms with Crippen molar-refractivity contribution in [2.45, 2.75) is 40.2 Å². The van der Waals surface area contributed by atoms with E-state index in [4.69, 9.17) is 13.3 Å². The van der Waals surface area contributed by atoms with E-state index in [1.807, 2.05) is 20.8 Å². The molecule has 4 nitrogen and oxygen atoms in total. The van der Waals surface area contributed by atoms with Gasteiger partial charge < -0.3 is 18.2 Å². The van der Waals surface area contributed by atoms with E-state index in [9.17, 15) is 0 Å². The molecular formula is C17H31NO3Si. The zero-order chi connectivity index (χ0) is 16.3. The molecule has 0 fully saturated rings. The number of para-hydroxylation sites is 1. The van der Waals surface area contributed by atoms with Crippen molar-refractivity contribution in [1.82, 2.24) is 0 Å². The minimum Gasteiger partial charge on any atom is -0.374 e. The van der Waals surface area contributed by atoms with Crippen LogP contribution in [0.1, 0.15) is 34.1 Å². The highest BCUT2D eigenvalue weighted by Gasteiger charge is 2.39. The molecule has 1 aromatic rings. The summed E-state index contributed by atoms with van der Waals surface area (Å²) in [5, 5.41) is 0. The Hall–Kier alpha value is -0.883. The van der Waals surface area contributed by atoms with E-state index in [-0.39, 0.29) is 0 Å². The first kappa shape index (κ1) is 19.2. The van der Waals surface area contributed by atoms with Gasteiger partial charge in [0, 0.05) is 44.6 Å². The van der Waals surface area contributed by atoms with Gasteiger partial charge in [0.15, 0.2) is 0 Å². The highest BCUT2D eigenvalue weighted by Crippen LogP contribution is 2.20. The average molecular weight is 326 g/mol. The molecule has 1 aromatic carbocycles. The third-order valence-corrected chi connectivity index (χ3v) is 6.66. The van der Waals surface area contributed by atoms with Gasteiger partial charge >= 0.3 is 8.80 Å². The molecule has 126 valence electrons. The highest BCUT2D eigenvalue weighted by molar-refractivity contribution is 6.60. The van der Waals surface area contributed by atoms with Gasteiger partial charge in [0.2, 0.25) is 0 Å². The SMILES string of the molecule is CCO[Si](CCCN(CC)c1ccccc1)(OCC)OCC. The Kier molecular flexibility index (Phi) is 9.39. The monoisotopic (exact) mass is 325 g/mol. The molecule has 0 atom stereocenters. The van der Waals surface area contributed by atoms with Gasteiger partial charge in [-0.1, -0.05) is 18.2 Å². The lowest BCUT2D eigenvalue weighted by atomic mass is 10.3. The number of nitrogens with zero attached hydrogens (tertiary/aromatic N) is 1. The highest BCUT2D eigenvalue weighted by atomic mass is 28.4. The van der Waals surface area contributed by atoms with Crippen LogP contribution in [0.3, 0.4) is 0 Å². The maximum absolute atomic E-state index is 5.91. The third-order valence-electron chi connectivity index (χ3n) is 3.51. The molecule has 0 heterocycles. The van der Waals surface area contributed by atoms with Crippen LogP contribution in [0, 0.1) is 0 Å². The van der Waals surface area contributed by atoms with Crippen molar-refractivity contribution in [3.63, 3.8) is 0 Å². The molecule has 22 heavy (non-hydrogen) atoms. The molecule has 0 aromatic heterocycles. The summed E-state index contributed by atoms with van der Waals surface area (Å²) < 4.78 is 17.7. The summed E-state index contributed by atoms with van der Waals surface area (Å²) in [6.07, 6.45) is 1.01. The van der Waals surface area contributed by atoms with Crippen LogP contribution in [0.25, 0.3) is 0 Å². The van der Waals surface area contributed by atoms with Crippen LogP contribution in [-0.4, -0.2) is 41.7 Å². The second-order valence-corrected chi connectivity index (χ2v) is 7.73. The summed E-state index contributed by atoms with van der Waals surface area (Å²) in [5.41, 5.74) is 1.27. The lowest BCUT2D eigenvalue weighted by molar-refractivity contribution is 0.0709. The summed E-state index contributed by atoms with van der Waals surface area (Å²) in [4.78, 5) is 2.38. The number of rotatable bonds is 12. The molecule has 0 aliphatic rings. The Morgan fingerprint density at radius 1 is 0.864 bits per heavy atom. The van der Waals surface area contributed by atoms with E-state index in [1.54, 1.807) is 0 Å². The van der Waals surface area contributed by atoms with E-state index in [0.717, 1.165) is 25.6 Å². The van der Waals surface area contributed by atoms with Gasteiger partial charge in [0.25, 0.3) is 0 Å². The molecule has 1 rings (SSSR count). The van der Waals surface area contributed by atoms with Gasteiger partial charge in [-0.25, -0.2) is 0 Å². The lowest BCUT2D eigenvalue weighted by Crippen LogP contribution is -2.46. The fourth-order valence-corrected chi connectivity index (χ4v) is 5.19. The van der Waals surface area contributed by atoms with Gasteiger partial charge in [0.1, 0.15) is 0 Å². The minimum absolute atomic E-state index is 0.641. The number of anilines is 1. The molecule has 0 amide bonds. The van der Waals surface area contributed by atoms with Gasteiger partial charge in [-0.2, -0.15) is 0 Å². The molecule has 0 aliphatic carbocycles. The Morgan fingerprint density at radius 3 is 1.86 bits per heavy atom. The first-order chi connectivity index (χ1) is 10.7. The van der Waals surface area contributed by atoms with Crippen LogP contribution in [0.15, 0.2) is 30.3 Å². The molecule has 0 spiro atoms. The molecule has 0 bridgehead atoms. The number of benzene rings is 1. The fraction of sp³-hybridized carbons (Fsp3) is 0.647. The van der Waals surface area contributed by atoms with E-state index in [0.29, 0.717) is 19.8 Å². The molecule has 0 saturated heterocycles. The minimum atomic E-state index is -2.50. The van der Waals surface area contributed by atoms with Gasteiger partial charge in [-0.15, -0.1) is 0 Å². The van der Waals surface area contributed by atoms with Crippen molar-refractivity contribution in [2.24, 2.45) is 0 Å². The second kappa shape index (κ2) is 10.8. The molecular weight excluding hydrogens is 294 g/mol. The van der Waals surface area contributed by atoms with Crippen molar-refractivity contribution < 1.29 is 13.3 Å². The van der Waals surface area contributed by atoms with Crippen molar-refractivity contribution in [3.05, 3.63) is 30.3 Å². The van der Waals surface area contributed by atoms with Crippen molar-refractivity contribution >= 4 is 14.5 Å². The summed E-state index contributed by atoms with van der Waals surface area (Å²) in [7, 11) is -2.50.